The van der Waals surface area contributed by atoms with Gasteiger partial charge in [-0.2, -0.15) is 13.1 Å². The zero-order valence-corrected chi connectivity index (χ0v) is 23.3. The van der Waals surface area contributed by atoms with Gasteiger partial charge < -0.3 is 29.6 Å². The van der Waals surface area contributed by atoms with Gasteiger partial charge in [0.15, 0.2) is 0 Å². The maximum atomic E-state index is 15.2. The highest BCUT2D eigenvalue weighted by Gasteiger charge is 2.47. The number of hydrogen-bond donors (Lipinski definition) is 1. The van der Waals surface area contributed by atoms with Gasteiger partial charge in [0.1, 0.15) is 41.6 Å². The Bertz CT molecular complexity index is 1440. The third-order valence-corrected chi connectivity index (χ3v) is 9.72. The summed E-state index contributed by atoms with van der Waals surface area (Å²) in [5.41, 5.74) is 5.76. The van der Waals surface area contributed by atoms with Crippen molar-refractivity contribution in [2.75, 3.05) is 69.0 Å². The zero-order chi connectivity index (χ0) is 28.9. The van der Waals surface area contributed by atoms with Crippen molar-refractivity contribution in [1.29, 1.82) is 0 Å². The van der Waals surface area contributed by atoms with Gasteiger partial charge in [-0.25, -0.2) is 18.2 Å². The number of nitrogens with two attached hydrogens (primary N) is 1. The number of amides is 1. The van der Waals surface area contributed by atoms with Gasteiger partial charge in [-0.05, 0) is 24.3 Å². The highest BCUT2D eigenvalue weighted by molar-refractivity contribution is 7.89. The van der Waals surface area contributed by atoms with Crippen molar-refractivity contribution < 1.29 is 40.9 Å². The van der Waals surface area contributed by atoms with E-state index in [2.05, 4.69) is 4.98 Å². The molecular formula is C25H28ClF2N5O7S. The average molecular weight is 616 g/mol. The first kappa shape index (κ1) is 28.3. The topological polar surface area (TPSA) is 137 Å². The van der Waals surface area contributed by atoms with E-state index in [4.69, 9.17) is 36.3 Å². The lowest BCUT2D eigenvalue weighted by Gasteiger charge is -2.36. The van der Waals surface area contributed by atoms with Crippen LogP contribution in [0.3, 0.4) is 0 Å². The van der Waals surface area contributed by atoms with E-state index in [9.17, 15) is 13.2 Å². The molecule has 12 nitrogen and oxygen atoms in total. The number of fused-ring (bicyclic) bond motifs is 3. The second-order valence-corrected chi connectivity index (χ2v) is 12.3. The molecule has 4 aliphatic rings. The first-order valence-electron chi connectivity index (χ1n) is 13.1. The quantitative estimate of drug-likeness (QED) is 0.479. The van der Waals surface area contributed by atoms with Crippen LogP contribution >= 0.6 is 11.6 Å². The molecule has 2 N–H and O–H groups in total. The number of sulfonamides is 1. The molecule has 4 aliphatic heterocycles. The fraction of sp³-hybridized carbons (Fsp3) is 0.520. The van der Waals surface area contributed by atoms with Crippen LogP contribution in [-0.2, 0) is 30.2 Å². The van der Waals surface area contributed by atoms with Crippen LogP contribution in [0.1, 0.15) is 5.56 Å². The minimum absolute atomic E-state index is 0.00333. The van der Waals surface area contributed by atoms with Gasteiger partial charge in [0.2, 0.25) is 10.0 Å². The zero-order valence-electron chi connectivity index (χ0n) is 21.7. The highest BCUT2D eigenvalue weighted by Crippen LogP contribution is 2.41. The van der Waals surface area contributed by atoms with E-state index >= 15 is 8.78 Å². The van der Waals surface area contributed by atoms with Crippen LogP contribution in [0.4, 0.5) is 25.1 Å². The van der Waals surface area contributed by atoms with Crippen LogP contribution in [0, 0.1) is 0 Å². The molecule has 222 valence electrons. The van der Waals surface area contributed by atoms with E-state index in [-0.39, 0.29) is 92.4 Å². The van der Waals surface area contributed by atoms with Crippen molar-refractivity contribution in [3.8, 4) is 5.75 Å². The Balaban J connectivity index is 1.16. The monoisotopic (exact) mass is 615 g/mol. The number of rotatable bonds is 6. The number of aromatic nitrogens is 1. The van der Waals surface area contributed by atoms with Crippen molar-refractivity contribution in [3.05, 3.63) is 41.0 Å². The number of hydrogen-bond acceptors (Lipinski definition) is 10. The smallest absolute Gasteiger partial charge is 0.415 e. The van der Waals surface area contributed by atoms with Crippen molar-refractivity contribution in [2.24, 2.45) is 5.73 Å². The molecule has 1 aromatic carbocycles. The normalized spacial score (nSPS) is 25.4. The van der Waals surface area contributed by atoms with Gasteiger partial charge in [-0.15, -0.1) is 0 Å². The molecule has 1 unspecified atom stereocenters. The molecule has 3 saturated heterocycles. The van der Waals surface area contributed by atoms with Crippen molar-refractivity contribution in [1.82, 2.24) is 9.29 Å². The number of ether oxygens (including phenoxy) is 4. The summed E-state index contributed by atoms with van der Waals surface area (Å²) in [5, 5.41) is -0.111. The summed E-state index contributed by atoms with van der Waals surface area (Å²) in [7, 11) is -3.93. The number of piperazine rings is 1. The number of pyridine rings is 1. The van der Waals surface area contributed by atoms with Crippen LogP contribution in [-0.4, -0.2) is 101 Å². The molecule has 16 heteroatoms. The Morgan fingerprint density at radius 2 is 1.88 bits per heavy atom. The average Bonchev–Trinajstić information content (AvgIpc) is 3.32. The summed E-state index contributed by atoms with van der Waals surface area (Å²) in [5.74, 6) is -2.90. The van der Waals surface area contributed by atoms with E-state index in [1.165, 1.54) is 33.5 Å². The molecule has 3 atom stereocenters. The predicted molar refractivity (Wildman–Crippen MR) is 142 cm³/mol. The number of benzene rings is 1. The van der Waals surface area contributed by atoms with Crippen LogP contribution in [0.2, 0.25) is 5.15 Å². The largest absolute Gasteiger partial charge is 0.489 e. The Labute approximate surface area is 239 Å². The first-order chi connectivity index (χ1) is 19.6. The second kappa shape index (κ2) is 10.8. The number of halogens is 3. The minimum atomic E-state index is -3.93. The van der Waals surface area contributed by atoms with Crippen LogP contribution < -0.4 is 20.3 Å². The maximum absolute atomic E-state index is 15.2. The van der Waals surface area contributed by atoms with Crippen molar-refractivity contribution in [2.45, 2.75) is 29.1 Å². The maximum Gasteiger partial charge on any atom is 0.415 e. The lowest BCUT2D eigenvalue weighted by atomic mass is 10.0. The predicted octanol–water partition coefficient (Wildman–Crippen LogP) is 1.80. The summed E-state index contributed by atoms with van der Waals surface area (Å²) in [6.07, 6.45) is -2.52. The third kappa shape index (κ3) is 5.08. The van der Waals surface area contributed by atoms with Gasteiger partial charge >= 0.3 is 12.0 Å². The fourth-order valence-electron chi connectivity index (χ4n) is 5.40. The number of carbonyl (C=O) groups excluding carboxylic acids is 1. The molecule has 0 saturated carbocycles. The molecule has 41 heavy (non-hydrogen) atoms. The molecule has 0 spiro atoms. The van der Waals surface area contributed by atoms with E-state index in [0.29, 0.717) is 5.69 Å². The molecular weight excluding hydrogens is 588 g/mol. The molecule has 1 amide bonds. The number of alkyl halides is 2. The first-order valence-corrected chi connectivity index (χ1v) is 14.9. The Kier molecular flexibility index (Phi) is 7.45. The molecule has 5 heterocycles. The van der Waals surface area contributed by atoms with E-state index < -0.39 is 34.2 Å². The summed E-state index contributed by atoms with van der Waals surface area (Å²) < 4.78 is 80.1. The summed E-state index contributed by atoms with van der Waals surface area (Å²) in [6, 6.07) is 6.28. The van der Waals surface area contributed by atoms with Crippen LogP contribution in [0.5, 0.6) is 5.75 Å². The van der Waals surface area contributed by atoms with Gasteiger partial charge in [0.25, 0.3) is 0 Å². The van der Waals surface area contributed by atoms with Crippen molar-refractivity contribution in [3.63, 3.8) is 0 Å². The Hall–Kier alpha value is -2.82. The second-order valence-electron chi connectivity index (χ2n) is 10.0. The van der Waals surface area contributed by atoms with Gasteiger partial charge in [-0.3, -0.25) is 4.90 Å². The third-order valence-electron chi connectivity index (χ3n) is 7.63. The summed E-state index contributed by atoms with van der Waals surface area (Å²) in [4.78, 5) is 19.7. The Morgan fingerprint density at radius 1 is 1.10 bits per heavy atom. The van der Waals surface area contributed by atoms with Gasteiger partial charge in [0.05, 0.1) is 30.4 Å². The van der Waals surface area contributed by atoms with Crippen LogP contribution in [0.15, 0.2) is 35.2 Å². The lowest BCUT2D eigenvalue weighted by molar-refractivity contribution is -0.199. The molecule has 3 fully saturated rings. The number of cyclic esters (lactones) is 1. The molecule has 0 radical (unpaired) electrons. The van der Waals surface area contributed by atoms with Gasteiger partial charge in [-0.1, -0.05) is 11.6 Å². The fourth-order valence-corrected chi connectivity index (χ4v) is 7.04. The highest BCUT2D eigenvalue weighted by atomic mass is 35.5. The number of nitrogens with zero attached hydrogens (tertiary/aromatic N) is 4. The lowest BCUT2D eigenvalue weighted by Crippen LogP contribution is -2.49. The summed E-state index contributed by atoms with van der Waals surface area (Å²) in [6.45, 7) is 0.898. The molecule has 6 rings (SSSR count). The molecule has 0 bridgehead atoms. The van der Waals surface area contributed by atoms with Crippen molar-refractivity contribution >= 4 is 39.2 Å². The van der Waals surface area contributed by atoms with E-state index in [0.717, 1.165) is 6.07 Å². The Morgan fingerprint density at radius 3 is 2.59 bits per heavy atom. The summed E-state index contributed by atoms with van der Waals surface area (Å²) >= 11 is 6.11. The molecule has 2 aromatic rings. The molecule has 1 aromatic heterocycles. The van der Waals surface area contributed by atoms with E-state index in [1.807, 2.05) is 0 Å². The van der Waals surface area contributed by atoms with E-state index in [1.54, 1.807) is 4.90 Å². The standard InChI is InChI=1S/C25H28ClF2N5O7S/c26-22-9-15(25(27,28)21-14-37-7-8-38-21)10-23(30-22)31-3-5-32(6-4-31)41(35,36)16-1-2-17-19(11-16)39-13-18-20(12-29)40-24(34)33(17)18/h1-2,9-11,18,20-21H,3-8,12-14,29H2/t18-,20+,21?/m1/s1. The van der Waals surface area contributed by atoms with Crippen LogP contribution in [0.25, 0.3) is 0 Å². The minimum Gasteiger partial charge on any atom is -0.489 e. The number of anilines is 2. The number of carbonyl (C=O) groups is 1. The molecule has 0 aliphatic carbocycles. The SMILES string of the molecule is NC[C@@H]1OC(=O)N2c3ccc(S(=O)(=O)N4CCN(c5cc(C(F)(F)C6COCCO6)cc(Cl)n5)CC4)cc3OC[C@H]12. The van der Waals surface area contributed by atoms with Gasteiger partial charge in [0, 0.05) is 44.4 Å².